The van der Waals surface area contributed by atoms with Gasteiger partial charge in [0.05, 0.1) is 6.04 Å². The van der Waals surface area contributed by atoms with Gasteiger partial charge in [0.2, 0.25) is 5.91 Å². The lowest BCUT2D eigenvalue weighted by molar-refractivity contribution is -0.120. The first-order valence-electron chi connectivity index (χ1n) is 4.83. The Labute approximate surface area is 80.0 Å². The van der Waals surface area contributed by atoms with Crippen LogP contribution in [0.25, 0.3) is 0 Å². The molecule has 1 atom stereocenters. The number of rotatable bonds is 7. The molecule has 0 radical (unpaired) electrons. The predicted octanol–water partition coefficient (Wildman–Crippen LogP) is -0.0327. The Kier molecular flexibility index (Phi) is 6.54. The maximum absolute atomic E-state index is 11.0. The molecule has 0 bridgehead atoms. The number of nitrogens with one attached hydrogen (secondary N) is 1. The quantitative estimate of drug-likeness (QED) is 0.489. The van der Waals surface area contributed by atoms with Crippen LogP contribution in [0, 0.1) is 0 Å². The van der Waals surface area contributed by atoms with Gasteiger partial charge >= 0.3 is 0 Å². The highest BCUT2D eigenvalue weighted by atomic mass is 16.1. The molecule has 0 aliphatic carbocycles. The molecular weight excluding hydrogens is 166 g/mol. The van der Waals surface area contributed by atoms with Crippen molar-refractivity contribution >= 4 is 5.91 Å². The number of hydrogen-bond donors (Lipinski definition) is 3. The van der Waals surface area contributed by atoms with Crippen molar-refractivity contribution in [1.29, 1.82) is 0 Å². The molecule has 0 aromatic rings. The second-order valence-electron chi connectivity index (χ2n) is 3.56. The third-order valence-electron chi connectivity index (χ3n) is 1.82. The highest BCUT2D eigenvalue weighted by Crippen LogP contribution is 2.00. The van der Waals surface area contributed by atoms with Crippen LogP contribution >= 0.6 is 0 Å². The van der Waals surface area contributed by atoms with E-state index in [4.69, 9.17) is 11.5 Å². The van der Waals surface area contributed by atoms with E-state index in [2.05, 4.69) is 5.32 Å². The van der Waals surface area contributed by atoms with Crippen LogP contribution in [0.3, 0.4) is 0 Å². The van der Waals surface area contributed by atoms with Crippen LogP contribution in [0.5, 0.6) is 0 Å². The van der Waals surface area contributed by atoms with Crippen LogP contribution < -0.4 is 16.8 Å². The van der Waals surface area contributed by atoms with Crippen LogP contribution in [0.4, 0.5) is 0 Å². The zero-order valence-electron chi connectivity index (χ0n) is 8.55. The van der Waals surface area contributed by atoms with E-state index < -0.39 is 0 Å². The number of carbonyl (C=O) groups excluding carboxylic acids is 1. The third kappa shape index (κ3) is 6.54. The lowest BCUT2D eigenvalue weighted by atomic mass is 10.1. The van der Waals surface area contributed by atoms with Crippen molar-refractivity contribution < 1.29 is 4.79 Å². The minimum Gasteiger partial charge on any atom is -0.368 e. The summed E-state index contributed by atoms with van der Waals surface area (Å²) in [5, 5.41) is 3.12. The van der Waals surface area contributed by atoms with E-state index >= 15 is 0 Å². The Bertz CT molecular complexity index is 148. The molecule has 0 heterocycles. The highest BCUT2D eigenvalue weighted by Gasteiger charge is 2.14. The second kappa shape index (κ2) is 6.86. The van der Waals surface area contributed by atoms with Crippen molar-refractivity contribution in [2.24, 2.45) is 11.5 Å². The molecule has 1 amide bonds. The molecule has 0 spiro atoms. The number of hydrogen-bond acceptors (Lipinski definition) is 3. The molecule has 0 aliphatic rings. The molecule has 0 fully saturated rings. The molecule has 78 valence electrons. The Morgan fingerprint density at radius 2 is 2.00 bits per heavy atom. The normalized spacial score (nSPS) is 13.2. The molecule has 0 aliphatic heterocycles. The van der Waals surface area contributed by atoms with Gasteiger partial charge in [0.1, 0.15) is 0 Å². The van der Waals surface area contributed by atoms with Crippen molar-refractivity contribution in [3.05, 3.63) is 0 Å². The monoisotopic (exact) mass is 187 g/mol. The summed E-state index contributed by atoms with van der Waals surface area (Å²) in [6.45, 7) is 4.67. The Balaban J connectivity index is 3.74. The van der Waals surface area contributed by atoms with Gasteiger partial charge in [-0.25, -0.2) is 0 Å². The van der Waals surface area contributed by atoms with Gasteiger partial charge in [-0.1, -0.05) is 20.3 Å². The highest BCUT2D eigenvalue weighted by molar-refractivity contribution is 5.79. The molecule has 0 aromatic carbocycles. The van der Waals surface area contributed by atoms with E-state index in [0.717, 1.165) is 19.3 Å². The van der Waals surface area contributed by atoms with Crippen molar-refractivity contribution in [3.63, 3.8) is 0 Å². The average molecular weight is 187 g/mol. The van der Waals surface area contributed by atoms with Gasteiger partial charge in [-0.3, -0.25) is 4.79 Å². The first-order chi connectivity index (χ1) is 6.07. The Hall–Kier alpha value is -0.610. The van der Waals surface area contributed by atoms with Gasteiger partial charge in [-0.05, 0) is 19.4 Å². The number of nitrogens with two attached hydrogens (primary N) is 2. The van der Waals surface area contributed by atoms with Crippen LogP contribution in [0.1, 0.15) is 33.1 Å². The summed E-state index contributed by atoms with van der Waals surface area (Å²) in [5.41, 5.74) is 10.6. The number of primary amides is 1. The fourth-order valence-corrected chi connectivity index (χ4v) is 1.20. The molecule has 0 saturated carbocycles. The summed E-state index contributed by atoms with van der Waals surface area (Å²) in [5.74, 6) is -0.272. The third-order valence-corrected chi connectivity index (χ3v) is 1.82. The van der Waals surface area contributed by atoms with Crippen LogP contribution in [0.2, 0.25) is 0 Å². The number of carbonyl (C=O) groups is 1. The second-order valence-corrected chi connectivity index (χ2v) is 3.56. The van der Waals surface area contributed by atoms with E-state index in [1.165, 1.54) is 0 Å². The fraction of sp³-hybridized carbons (Fsp3) is 0.889. The van der Waals surface area contributed by atoms with Gasteiger partial charge in [0.25, 0.3) is 0 Å². The Morgan fingerprint density at radius 1 is 1.38 bits per heavy atom. The molecule has 13 heavy (non-hydrogen) atoms. The summed E-state index contributed by atoms with van der Waals surface area (Å²) in [7, 11) is 0. The largest absolute Gasteiger partial charge is 0.368 e. The lowest BCUT2D eigenvalue weighted by Crippen LogP contribution is -2.44. The molecule has 0 rings (SSSR count). The van der Waals surface area contributed by atoms with Gasteiger partial charge in [0, 0.05) is 6.04 Å². The van der Waals surface area contributed by atoms with Crippen LogP contribution in [0.15, 0.2) is 0 Å². The molecule has 0 aromatic heterocycles. The fourth-order valence-electron chi connectivity index (χ4n) is 1.20. The summed E-state index contributed by atoms with van der Waals surface area (Å²) in [6.07, 6.45) is 2.68. The molecule has 0 unspecified atom stereocenters. The maximum Gasteiger partial charge on any atom is 0.234 e. The average Bonchev–Trinajstić information content (AvgIpc) is 2.02. The molecule has 5 N–H and O–H groups in total. The van der Waals surface area contributed by atoms with Gasteiger partial charge in [-0.15, -0.1) is 0 Å². The summed E-state index contributed by atoms with van der Waals surface area (Å²) in [6, 6.07) is 0.0851. The Morgan fingerprint density at radius 3 is 2.38 bits per heavy atom. The van der Waals surface area contributed by atoms with Gasteiger partial charge in [-0.2, -0.15) is 0 Å². The van der Waals surface area contributed by atoms with E-state index in [1.807, 2.05) is 13.8 Å². The summed E-state index contributed by atoms with van der Waals surface area (Å²) < 4.78 is 0. The summed E-state index contributed by atoms with van der Waals surface area (Å²) in [4.78, 5) is 11.0. The van der Waals surface area contributed by atoms with Crippen molar-refractivity contribution in [1.82, 2.24) is 5.32 Å². The van der Waals surface area contributed by atoms with Crippen molar-refractivity contribution in [2.75, 3.05) is 6.54 Å². The smallest absolute Gasteiger partial charge is 0.234 e. The first kappa shape index (κ1) is 12.4. The molecule has 0 saturated heterocycles. The lowest BCUT2D eigenvalue weighted by Gasteiger charge is -2.17. The zero-order chi connectivity index (χ0) is 10.3. The minimum atomic E-state index is -0.272. The number of amides is 1. The van der Waals surface area contributed by atoms with Crippen LogP contribution in [-0.2, 0) is 4.79 Å². The van der Waals surface area contributed by atoms with Crippen molar-refractivity contribution in [2.45, 2.75) is 45.2 Å². The SMILES string of the molecule is CC(C)N[C@@H](CCCCN)C(N)=O. The summed E-state index contributed by atoms with van der Waals surface area (Å²) >= 11 is 0. The predicted molar refractivity (Wildman–Crippen MR) is 54.2 cm³/mol. The van der Waals surface area contributed by atoms with Gasteiger partial charge in [0.15, 0.2) is 0 Å². The van der Waals surface area contributed by atoms with E-state index in [1.54, 1.807) is 0 Å². The van der Waals surface area contributed by atoms with E-state index in [9.17, 15) is 4.79 Å². The first-order valence-corrected chi connectivity index (χ1v) is 4.83. The zero-order valence-corrected chi connectivity index (χ0v) is 8.55. The number of unbranched alkanes of at least 4 members (excludes halogenated alkanes) is 1. The van der Waals surface area contributed by atoms with E-state index in [-0.39, 0.29) is 18.0 Å². The maximum atomic E-state index is 11.0. The molecule has 4 heteroatoms. The van der Waals surface area contributed by atoms with Crippen molar-refractivity contribution in [3.8, 4) is 0 Å². The van der Waals surface area contributed by atoms with Crippen LogP contribution in [-0.4, -0.2) is 24.5 Å². The molecule has 4 nitrogen and oxygen atoms in total. The van der Waals surface area contributed by atoms with Gasteiger partial charge < -0.3 is 16.8 Å². The van der Waals surface area contributed by atoms with E-state index in [0.29, 0.717) is 6.54 Å². The molecular formula is C9H21N3O. The topological polar surface area (TPSA) is 81.1 Å². The minimum absolute atomic E-state index is 0.202. The standard InChI is InChI=1S/C9H21N3O/c1-7(2)12-8(9(11)13)5-3-4-6-10/h7-8,12H,3-6,10H2,1-2H3,(H2,11,13)/t8-/m0/s1.